The summed E-state index contributed by atoms with van der Waals surface area (Å²) in [6.45, 7) is 5.10. The lowest BCUT2D eigenvalue weighted by molar-refractivity contribution is 0.114. The van der Waals surface area contributed by atoms with Crippen LogP contribution in [0.4, 0.5) is 0 Å². The average Bonchev–Trinajstić information content (AvgIpc) is 3.30. The number of ether oxygens (including phenoxy) is 1. The Morgan fingerprint density at radius 2 is 2.12 bits per heavy atom. The number of guanidine groups is 1. The van der Waals surface area contributed by atoms with Gasteiger partial charge in [-0.3, -0.25) is 0 Å². The Morgan fingerprint density at radius 3 is 2.84 bits per heavy atom. The van der Waals surface area contributed by atoms with Gasteiger partial charge in [0.2, 0.25) is 0 Å². The minimum Gasteiger partial charge on any atom is -0.376 e. The van der Waals surface area contributed by atoms with Gasteiger partial charge in [0, 0.05) is 25.9 Å². The highest BCUT2D eigenvalue weighted by Crippen LogP contribution is 2.10. The van der Waals surface area contributed by atoms with E-state index in [1.807, 2.05) is 47.3 Å². The maximum absolute atomic E-state index is 5.64. The third-order valence-corrected chi connectivity index (χ3v) is 3.93. The smallest absolute Gasteiger partial charge is 0.191 e. The first-order chi connectivity index (χ1) is 11.8. The maximum Gasteiger partial charge on any atom is 0.191 e. The maximum atomic E-state index is 5.64. The van der Waals surface area contributed by atoms with Crippen LogP contribution in [0.5, 0.6) is 0 Å². The van der Waals surface area contributed by atoms with Crippen molar-refractivity contribution in [3.05, 3.63) is 48.3 Å². The summed E-state index contributed by atoms with van der Waals surface area (Å²) in [5.74, 6) is 0.808. The Bertz CT molecular complexity index is 652. The van der Waals surface area contributed by atoms with Crippen LogP contribution in [0.3, 0.4) is 0 Å². The molecule has 1 unspecified atom stereocenters. The number of hydrogen-bond acceptors (Lipinski definition) is 3. The second kappa shape index (κ2) is 10.4. The van der Waals surface area contributed by atoms with Crippen LogP contribution >= 0.6 is 24.0 Å². The Balaban J connectivity index is 0.00000225. The molecular formula is C18H26IN5O. The predicted molar refractivity (Wildman–Crippen MR) is 111 cm³/mol. The number of nitrogens with one attached hydrogen (secondary N) is 2. The molecule has 1 saturated heterocycles. The van der Waals surface area contributed by atoms with Crippen molar-refractivity contribution >= 4 is 29.9 Å². The fraction of sp³-hybridized carbons (Fsp3) is 0.444. The van der Waals surface area contributed by atoms with Gasteiger partial charge in [-0.1, -0.05) is 18.2 Å². The molecule has 0 spiro atoms. The first-order valence-electron chi connectivity index (χ1n) is 8.59. The summed E-state index contributed by atoms with van der Waals surface area (Å²) in [7, 11) is 0. The van der Waals surface area contributed by atoms with Crippen molar-refractivity contribution in [1.82, 2.24) is 20.4 Å². The molecular weight excluding hydrogens is 429 g/mol. The van der Waals surface area contributed by atoms with Crippen molar-refractivity contribution in [3.8, 4) is 5.69 Å². The summed E-state index contributed by atoms with van der Waals surface area (Å²) < 4.78 is 7.51. The van der Waals surface area contributed by atoms with E-state index in [0.29, 0.717) is 12.6 Å². The van der Waals surface area contributed by atoms with Gasteiger partial charge >= 0.3 is 0 Å². The van der Waals surface area contributed by atoms with E-state index in [2.05, 4.69) is 27.6 Å². The number of para-hydroxylation sites is 1. The van der Waals surface area contributed by atoms with E-state index in [9.17, 15) is 0 Å². The Kier molecular flexibility index (Phi) is 8.20. The molecule has 7 heteroatoms. The van der Waals surface area contributed by atoms with Gasteiger partial charge in [0.05, 0.1) is 24.0 Å². The molecule has 1 aliphatic rings. The van der Waals surface area contributed by atoms with Gasteiger partial charge in [-0.05, 0) is 38.0 Å². The molecule has 1 atom stereocenters. The average molecular weight is 455 g/mol. The Hall–Kier alpha value is -1.61. The van der Waals surface area contributed by atoms with Crippen molar-refractivity contribution in [1.29, 1.82) is 0 Å². The third kappa shape index (κ3) is 6.00. The molecule has 1 aromatic heterocycles. The fourth-order valence-corrected chi connectivity index (χ4v) is 2.69. The zero-order valence-corrected chi connectivity index (χ0v) is 16.8. The molecule has 2 heterocycles. The highest BCUT2D eigenvalue weighted by molar-refractivity contribution is 14.0. The van der Waals surface area contributed by atoms with E-state index >= 15 is 0 Å². The molecule has 1 aliphatic heterocycles. The summed E-state index contributed by atoms with van der Waals surface area (Å²) in [6, 6.07) is 12.1. The molecule has 2 aromatic rings. The van der Waals surface area contributed by atoms with Gasteiger partial charge in [-0.2, -0.15) is 5.10 Å². The number of aliphatic imine (C=N–C) groups is 1. The lowest BCUT2D eigenvalue weighted by atomic mass is 10.2. The van der Waals surface area contributed by atoms with Crippen LogP contribution in [-0.2, 0) is 11.3 Å². The van der Waals surface area contributed by atoms with Crippen LogP contribution in [0.15, 0.2) is 47.6 Å². The van der Waals surface area contributed by atoms with Crippen LogP contribution in [0.2, 0.25) is 0 Å². The van der Waals surface area contributed by atoms with Crippen LogP contribution in [0, 0.1) is 0 Å². The summed E-state index contributed by atoms with van der Waals surface area (Å²) >= 11 is 0. The van der Waals surface area contributed by atoms with Gasteiger partial charge in [-0.25, -0.2) is 9.67 Å². The van der Waals surface area contributed by atoms with E-state index in [1.165, 1.54) is 0 Å². The molecule has 0 bridgehead atoms. The molecule has 3 rings (SSSR count). The number of hydrogen-bond donors (Lipinski definition) is 2. The number of benzene rings is 1. The van der Waals surface area contributed by atoms with Crippen molar-refractivity contribution in [2.24, 2.45) is 4.99 Å². The third-order valence-electron chi connectivity index (χ3n) is 3.93. The van der Waals surface area contributed by atoms with Crippen LogP contribution in [-0.4, -0.2) is 41.5 Å². The summed E-state index contributed by atoms with van der Waals surface area (Å²) in [5.41, 5.74) is 1.99. The number of nitrogens with zero attached hydrogens (tertiary/aromatic N) is 3. The molecule has 6 nitrogen and oxygen atoms in total. The van der Waals surface area contributed by atoms with E-state index < -0.39 is 0 Å². The largest absolute Gasteiger partial charge is 0.376 e. The van der Waals surface area contributed by atoms with Crippen LogP contribution in [0.1, 0.15) is 25.5 Å². The number of halogens is 1. The quantitative estimate of drug-likeness (QED) is 0.400. The molecule has 25 heavy (non-hydrogen) atoms. The molecule has 1 aromatic carbocycles. The normalized spacial score (nSPS) is 17.2. The topological polar surface area (TPSA) is 63.5 Å². The van der Waals surface area contributed by atoms with Gasteiger partial charge in [-0.15, -0.1) is 24.0 Å². The van der Waals surface area contributed by atoms with E-state index in [4.69, 9.17) is 4.74 Å². The molecule has 0 amide bonds. The highest BCUT2D eigenvalue weighted by Gasteiger charge is 2.15. The lowest BCUT2D eigenvalue weighted by Gasteiger charge is -2.14. The first kappa shape index (κ1) is 19.7. The lowest BCUT2D eigenvalue weighted by Crippen LogP contribution is -2.41. The molecule has 136 valence electrons. The Morgan fingerprint density at radius 1 is 1.28 bits per heavy atom. The van der Waals surface area contributed by atoms with E-state index in [-0.39, 0.29) is 24.0 Å². The summed E-state index contributed by atoms with van der Waals surface area (Å²) in [4.78, 5) is 4.61. The SMILES string of the molecule is CCNC(=NCc1ccn(-c2ccccc2)n1)NCC1CCCO1.I. The molecule has 0 radical (unpaired) electrons. The number of rotatable bonds is 6. The predicted octanol–water partition coefficient (Wildman–Crippen LogP) is 2.72. The Labute approximate surface area is 166 Å². The number of aromatic nitrogens is 2. The van der Waals surface area contributed by atoms with E-state index in [1.54, 1.807) is 0 Å². The second-order valence-corrected chi connectivity index (χ2v) is 5.80. The van der Waals surface area contributed by atoms with Crippen LogP contribution in [0.25, 0.3) is 5.69 Å². The van der Waals surface area contributed by atoms with Crippen LogP contribution < -0.4 is 10.6 Å². The monoisotopic (exact) mass is 455 g/mol. The zero-order valence-electron chi connectivity index (χ0n) is 14.5. The van der Waals surface area contributed by atoms with Crippen molar-refractivity contribution < 1.29 is 4.74 Å². The fourth-order valence-electron chi connectivity index (χ4n) is 2.69. The minimum atomic E-state index is 0. The summed E-state index contributed by atoms with van der Waals surface area (Å²) in [5, 5.41) is 11.2. The van der Waals surface area contributed by atoms with Gasteiger partial charge in [0.15, 0.2) is 5.96 Å². The molecule has 0 aliphatic carbocycles. The standard InChI is InChI=1S/C18H25N5O.HI/c1-2-19-18(21-14-17-9-6-12-24-17)20-13-15-10-11-23(22-15)16-7-4-3-5-8-16;/h3-5,7-8,10-11,17H,2,6,9,12-14H2,1H3,(H2,19,20,21);1H. The second-order valence-electron chi connectivity index (χ2n) is 5.80. The molecule has 0 saturated carbocycles. The van der Waals surface area contributed by atoms with Crippen molar-refractivity contribution in [2.45, 2.75) is 32.4 Å². The van der Waals surface area contributed by atoms with Crippen molar-refractivity contribution in [2.75, 3.05) is 19.7 Å². The highest BCUT2D eigenvalue weighted by atomic mass is 127. The summed E-state index contributed by atoms with van der Waals surface area (Å²) in [6.07, 6.45) is 4.53. The zero-order chi connectivity index (χ0) is 16.6. The molecule has 2 N–H and O–H groups in total. The minimum absolute atomic E-state index is 0. The van der Waals surface area contributed by atoms with Gasteiger partial charge in [0.1, 0.15) is 0 Å². The van der Waals surface area contributed by atoms with Gasteiger partial charge in [0.25, 0.3) is 0 Å². The van der Waals surface area contributed by atoms with Crippen molar-refractivity contribution in [3.63, 3.8) is 0 Å². The van der Waals surface area contributed by atoms with E-state index in [0.717, 1.165) is 49.9 Å². The van der Waals surface area contributed by atoms with Gasteiger partial charge < -0.3 is 15.4 Å². The first-order valence-corrected chi connectivity index (χ1v) is 8.59. The molecule has 1 fully saturated rings.